The molecule has 5 rings (SSSR count). The quantitative estimate of drug-likeness (QED) is 0.0307. The number of carbonyl (C=O) groups is 9. The van der Waals surface area contributed by atoms with Crippen LogP contribution in [0.15, 0.2) is 90.3 Å². The van der Waals surface area contributed by atoms with Crippen molar-refractivity contribution < 1.29 is 43.2 Å². The van der Waals surface area contributed by atoms with Gasteiger partial charge in [0.05, 0.1) is 6.33 Å². The van der Waals surface area contributed by atoms with Crippen molar-refractivity contribution in [3.05, 3.63) is 102 Å². The molecule has 74 heavy (non-hydrogen) atoms. The average molecular weight is 1020 g/mol. The molecule has 1 aliphatic heterocycles. The number of nitrogens with zero attached hydrogens (tertiary/aromatic N) is 2. The minimum Gasteiger partial charge on any atom is -0.370 e. The van der Waals surface area contributed by atoms with Crippen LogP contribution in [0.3, 0.4) is 0 Å². The molecule has 1 fully saturated rings. The number of carbonyl (C=O) groups excluding carboxylic acids is 9. The van der Waals surface area contributed by atoms with Crippen molar-refractivity contribution in [1.82, 2.24) is 52.5 Å². The third-order valence-electron chi connectivity index (χ3n) is 12.3. The zero-order chi connectivity index (χ0) is 53.6. The number of benzene rings is 3. The van der Waals surface area contributed by atoms with Gasteiger partial charge in [-0.2, -0.15) is 0 Å². The van der Waals surface area contributed by atoms with Crippen LogP contribution in [-0.4, -0.2) is 124 Å². The van der Waals surface area contributed by atoms with Crippen molar-refractivity contribution in [1.29, 1.82) is 0 Å². The number of imidazole rings is 1. The van der Waals surface area contributed by atoms with Gasteiger partial charge < -0.3 is 64.7 Å². The summed E-state index contributed by atoms with van der Waals surface area (Å²) in [6, 6.07) is 12.4. The third-order valence-corrected chi connectivity index (χ3v) is 12.3. The SMILES string of the molecule is CCCC[C@H](NC(C)=O)C(=O)N[C@H]1CCC(=O)NCCC(C(=O)N[C@H](Cc2cccc3ccccc23)C(N)=O)NC(=O)[C@H](CCCN=C(N)N)NC(=O)[C@@H](Cc2ccccc2)NC(=O)[C@H](Cc2cnc[nH]2)NC1=O. The first-order valence-electron chi connectivity index (χ1n) is 24.7. The smallest absolute Gasteiger partial charge is 0.243 e. The number of aromatic amines is 1. The molecular weight excluding hydrogens is 953 g/mol. The second-order valence-corrected chi connectivity index (χ2v) is 18.1. The van der Waals surface area contributed by atoms with E-state index in [4.69, 9.17) is 17.2 Å². The molecule has 0 spiro atoms. The molecule has 4 aromatic rings. The fourth-order valence-electron chi connectivity index (χ4n) is 8.38. The van der Waals surface area contributed by atoms with Gasteiger partial charge in [-0.3, -0.25) is 48.1 Å². The Morgan fingerprint density at radius 1 is 0.757 bits per heavy atom. The van der Waals surface area contributed by atoms with Crippen LogP contribution in [0.4, 0.5) is 0 Å². The van der Waals surface area contributed by atoms with Crippen molar-refractivity contribution in [2.75, 3.05) is 13.1 Å². The highest BCUT2D eigenvalue weighted by Gasteiger charge is 2.35. The van der Waals surface area contributed by atoms with E-state index in [-0.39, 0.29) is 76.8 Å². The van der Waals surface area contributed by atoms with E-state index in [1.165, 1.54) is 19.4 Å². The van der Waals surface area contributed by atoms with Crippen LogP contribution >= 0.6 is 0 Å². The summed E-state index contributed by atoms with van der Waals surface area (Å²) in [7, 11) is 0. The van der Waals surface area contributed by atoms with Crippen molar-refractivity contribution in [2.24, 2.45) is 22.2 Å². The van der Waals surface area contributed by atoms with Gasteiger partial charge in [-0.25, -0.2) is 4.98 Å². The maximum absolute atomic E-state index is 14.6. The van der Waals surface area contributed by atoms with Gasteiger partial charge in [0, 0.05) is 57.6 Å². The predicted molar refractivity (Wildman–Crippen MR) is 275 cm³/mol. The molecule has 0 aliphatic carbocycles. The van der Waals surface area contributed by atoms with Gasteiger partial charge in [0.1, 0.15) is 42.3 Å². The van der Waals surface area contributed by atoms with Crippen molar-refractivity contribution in [3.63, 3.8) is 0 Å². The molecule has 1 saturated heterocycles. The number of hydrogen-bond acceptors (Lipinski definition) is 11. The zero-order valence-electron chi connectivity index (χ0n) is 41.6. The monoisotopic (exact) mass is 1020 g/mol. The zero-order valence-corrected chi connectivity index (χ0v) is 41.6. The van der Waals surface area contributed by atoms with Crippen LogP contribution in [0.1, 0.15) is 82.0 Å². The Labute approximate surface area is 428 Å². The summed E-state index contributed by atoms with van der Waals surface area (Å²) in [5.41, 5.74) is 18.7. The highest BCUT2D eigenvalue weighted by Crippen LogP contribution is 2.20. The number of aliphatic imine (C=N–C) groups is 1. The standard InChI is InChI=1S/C51H68N14O9/c1-3-4-18-36(59-30(2)66)45(69)61-38-20-21-43(67)56-24-22-39(48(72)63-40(44(52)68)26-33-16-10-15-32-14-8-9-17-35(32)33)62-46(70)37(19-11-23-57-51(53)54)60-49(73)41(25-31-12-6-5-7-13-31)64-50(74)42(65-47(38)71)27-34-28-55-29-58-34/h5-10,12-17,28-29,36-42H,3-4,11,18-27H2,1-2H3,(H2,52,68)(H,55,58)(H,56,67)(H,59,66)(H,60,73)(H,61,69)(H,62,70)(H,63,72)(H,64,74)(H,65,71)(H4,53,54,57)/t36-,37-,38-,39?,40+,41+,42-/m0/s1. The lowest BCUT2D eigenvalue weighted by molar-refractivity contribution is -0.135. The molecular formula is C51H68N14O9. The van der Waals surface area contributed by atoms with Gasteiger partial charge in [-0.05, 0) is 54.0 Å². The van der Waals surface area contributed by atoms with E-state index >= 15 is 0 Å². The summed E-state index contributed by atoms with van der Waals surface area (Å²) in [6.07, 6.45) is 3.27. The Bertz CT molecular complexity index is 2600. The van der Waals surface area contributed by atoms with E-state index in [2.05, 4.69) is 57.5 Å². The van der Waals surface area contributed by atoms with E-state index < -0.39 is 95.5 Å². The van der Waals surface area contributed by atoms with Crippen LogP contribution in [0, 0.1) is 0 Å². The van der Waals surface area contributed by atoms with E-state index in [1.54, 1.807) is 36.4 Å². The maximum atomic E-state index is 14.6. The highest BCUT2D eigenvalue weighted by atomic mass is 16.2. The lowest BCUT2D eigenvalue weighted by Gasteiger charge is -2.28. The van der Waals surface area contributed by atoms with Crippen LogP contribution in [0.5, 0.6) is 0 Å². The van der Waals surface area contributed by atoms with Crippen molar-refractivity contribution in [2.45, 2.75) is 127 Å². The number of aromatic nitrogens is 2. The molecule has 1 aromatic heterocycles. The second-order valence-electron chi connectivity index (χ2n) is 18.1. The van der Waals surface area contributed by atoms with Gasteiger partial charge in [0.2, 0.25) is 53.2 Å². The number of hydrogen-bond donors (Lipinski definition) is 12. The Balaban J connectivity index is 1.52. The summed E-state index contributed by atoms with van der Waals surface area (Å²) in [5, 5.41) is 23.3. The van der Waals surface area contributed by atoms with Gasteiger partial charge in [-0.1, -0.05) is 92.6 Å². The summed E-state index contributed by atoms with van der Waals surface area (Å²) >= 11 is 0. The molecule has 23 nitrogen and oxygen atoms in total. The largest absolute Gasteiger partial charge is 0.370 e. The molecule has 9 amide bonds. The lowest BCUT2D eigenvalue weighted by Crippen LogP contribution is -2.60. The topological polar surface area (TPSA) is 369 Å². The lowest BCUT2D eigenvalue weighted by atomic mass is 9.98. The first kappa shape index (κ1) is 56.5. The number of nitrogens with one attached hydrogen (secondary N) is 9. The Hall–Kier alpha value is -8.37. The van der Waals surface area contributed by atoms with Crippen LogP contribution in [0.2, 0.25) is 0 Å². The summed E-state index contributed by atoms with van der Waals surface area (Å²) < 4.78 is 0. The van der Waals surface area contributed by atoms with Crippen LogP contribution in [0.25, 0.3) is 10.8 Å². The minimum atomic E-state index is -1.44. The van der Waals surface area contributed by atoms with Gasteiger partial charge in [0.15, 0.2) is 5.96 Å². The third kappa shape index (κ3) is 18.0. The number of fused-ring (bicyclic) bond motifs is 1. The molecule has 2 heterocycles. The molecule has 1 unspecified atom stereocenters. The molecule has 0 bridgehead atoms. The van der Waals surface area contributed by atoms with Crippen molar-refractivity contribution in [3.8, 4) is 0 Å². The molecule has 3 aromatic carbocycles. The molecule has 0 radical (unpaired) electrons. The Kier molecular flexibility index (Phi) is 21.9. The van der Waals surface area contributed by atoms with Crippen LogP contribution < -0.4 is 59.7 Å². The van der Waals surface area contributed by atoms with E-state index in [1.807, 2.05) is 43.3 Å². The highest BCUT2D eigenvalue weighted by molar-refractivity contribution is 5.98. The molecule has 1 aliphatic rings. The average Bonchev–Trinajstić information content (AvgIpc) is 3.89. The first-order chi connectivity index (χ1) is 35.5. The number of amides is 9. The normalized spacial score (nSPS) is 20.0. The maximum Gasteiger partial charge on any atom is 0.243 e. The number of guanidine groups is 1. The molecule has 15 N–H and O–H groups in total. The predicted octanol–water partition coefficient (Wildman–Crippen LogP) is -0.967. The van der Waals surface area contributed by atoms with Crippen molar-refractivity contribution >= 4 is 69.9 Å². The second kappa shape index (κ2) is 28.6. The summed E-state index contributed by atoms with van der Waals surface area (Å²) in [6.45, 7) is 2.99. The first-order valence-corrected chi connectivity index (χ1v) is 24.7. The summed E-state index contributed by atoms with van der Waals surface area (Å²) in [5.74, 6) is -7.02. The minimum absolute atomic E-state index is 0.00395. The molecule has 7 atom stereocenters. The van der Waals surface area contributed by atoms with Gasteiger partial charge in [0.25, 0.3) is 0 Å². The molecule has 396 valence electrons. The van der Waals surface area contributed by atoms with E-state index in [0.29, 0.717) is 29.7 Å². The number of H-pyrrole nitrogens is 1. The Morgan fingerprint density at radius 2 is 1.43 bits per heavy atom. The fourth-order valence-corrected chi connectivity index (χ4v) is 8.38. The number of unbranched alkanes of at least 4 members (excludes halogenated alkanes) is 1. The fraction of sp³-hybridized carbons (Fsp3) is 0.431. The van der Waals surface area contributed by atoms with E-state index in [0.717, 1.165) is 10.8 Å². The van der Waals surface area contributed by atoms with Crippen LogP contribution in [-0.2, 0) is 62.4 Å². The summed E-state index contributed by atoms with van der Waals surface area (Å²) in [4.78, 5) is 136. The number of primary amides is 1. The van der Waals surface area contributed by atoms with Gasteiger partial charge in [-0.15, -0.1) is 0 Å². The number of rotatable bonds is 19. The Morgan fingerprint density at radius 3 is 2.12 bits per heavy atom. The van der Waals surface area contributed by atoms with E-state index in [9.17, 15) is 43.2 Å². The van der Waals surface area contributed by atoms with Gasteiger partial charge >= 0.3 is 0 Å². The molecule has 23 heteroatoms. The molecule has 0 saturated carbocycles. The number of nitrogens with two attached hydrogens (primary N) is 3.